The molecule has 0 bridgehead atoms. The molecule has 1 aliphatic carbocycles. The topological polar surface area (TPSA) is 72.2 Å². The van der Waals surface area contributed by atoms with E-state index in [1.807, 2.05) is 60.7 Å². The largest absolute Gasteiger partial charge is 0.365 e. The summed E-state index contributed by atoms with van der Waals surface area (Å²) in [6, 6.07) is 19.5. The zero-order valence-electron chi connectivity index (χ0n) is 17.8. The Bertz CT molecular complexity index is 1020. The Hall–Kier alpha value is -2.92. The number of anilines is 1. The molecule has 4 rings (SSSR count). The summed E-state index contributed by atoms with van der Waals surface area (Å²) in [6.07, 6.45) is 5.24. The molecule has 0 radical (unpaired) electrons. The van der Waals surface area contributed by atoms with E-state index < -0.39 is 11.8 Å². The maximum Gasteiger partial charge on any atom is 0.251 e. The Labute approximate surface area is 187 Å². The van der Waals surface area contributed by atoms with E-state index in [0.29, 0.717) is 16.5 Å². The summed E-state index contributed by atoms with van der Waals surface area (Å²) < 4.78 is 0. The van der Waals surface area contributed by atoms with Crippen LogP contribution < -0.4 is 11.1 Å². The van der Waals surface area contributed by atoms with Crippen LogP contribution in [0.4, 0.5) is 5.00 Å². The minimum atomic E-state index is -0.463. The summed E-state index contributed by atoms with van der Waals surface area (Å²) in [5.74, 6) is -0.432. The molecule has 1 atom stereocenters. The number of amides is 2. The summed E-state index contributed by atoms with van der Waals surface area (Å²) in [5, 5.41) is 3.67. The van der Waals surface area contributed by atoms with Crippen molar-refractivity contribution in [3.8, 4) is 0 Å². The van der Waals surface area contributed by atoms with E-state index in [-0.39, 0.29) is 5.91 Å². The first-order valence-corrected chi connectivity index (χ1v) is 11.7. The first-order valence-electron chi connectivity index (χ1n) is 10.9. The molecule has 1 aliphatic rings. The lowest BCUT2D eigenvalue weighted by molar-refractivity contribution is -0.116. The SMILES string of the molecule is CCCC1CCc2c(sc(NC(=O)C(c3ccccc3)c3ccccc3)c2C(N)=O)C1. The van der Waals surface area contributed by atoms with Crippen LogP contribution in [0.5, 0.6) is 0 Å². The summed E-state index contributed by atoms with van der Waals surface area (Å²) in [5.41, 5.74) is 9.13. The van der Waals surface area contributed by atoms with Crippen molar-refractivity contribution in [3.63, 3.8) is 0 Å². The Kier molecular flexibility index (Phi) is 6.52. The highest BCUT2D eigenvalue weighted by Crippen LogP contribution is 2.41. The third kappa shape index (κ3) is 4.57. The lowest BCUT2D eigenvalue weighted by Crippen LogP contribution is -2.24. The summed E-state index contributed by atoms with van der Waals surface area (Å²) >= 11 is 1.52. The zero-order valence-corrected chi connectivity index (χ0v) is 18.6. The van der Waals surface area contributed by atoms with E-state index in [0.717, 1.165) is 42.4 Å². The fourth-order valence-electron chi connectivity index (χ4n) is 4.63. The minimum absolute atomic E-state index is 0.149. The van der Waals surface area contributed by atoms with Crippen LogP contribution in [0.2, 0.25) is 0 Å². The normalized spacial score (nSPS) is 15.5. The molecule has 3 N–H and O–H groups in total. The van der Waals surface area contributed by atoms with Gasteiger partial charge in [0.2, 0.25) is 5.91 Å². The van der Waals surface area contributed by atoms with E-state index in [1.165, 1.54) is 22.6 Å². The van der Waals surface area contributed by atoms with Crippen molar-refractivity contribution in [2.45, 2.75) is 44.9 Å². The maximum atomic E-state index is 13.5. The van der Waals surface area contributed by atoms with Crippen LogP contribution in [0.3, 0.4) is 0 Å². The number of thiophene rings is 1. The van der Waals surface area contributed by atoms with Gasteiger partial charge in [-0.1, -0.05) is 80.4 Å². The molecule has 3 aromatic rings. The van der Waals surface area contributed by atoms with Crippen LogP contribution in [-0.4, -0.2) is 11.8 Å². The maximum absolute atomic E-state index is 13.5. The van der Waals surface area contributed by atoms with Gasteiger partial charge in [-0.25, -0.2) is 0 Å². The molecule has 2 aromatic carbocycles. The Morgan fingerprint density at radius 1 is 1.06 bits per heavy atom. The fourth-order valence-corrected chi connectivity index (χ4v) is 6.00. The van der Waals surface area contributed by atoms with Gasteiger partial charge in [-0.2, -0.15) is 0 Å². The van der Waals surface area contributed by atoms with Crippen molar-refractivity contribution in [2.75, 3.05) is 5.32 Å². The van der Waals surface area contributed by atoms with Gasteiger partial charge in [0.05, 0.1) is 11.5 Å². The highest BCUT2D eigenvalue weighted by Gasteiger charge is 2.30. The van der Waals surface area contributed by atoms with Crippen LogP contribution in [-0.2, 0) is 17.6 Å². The van der Waals surface area contributed by atoms with Gasteiger partial charge in [-0.15, -0.1) is 11.3 Å². The molecular formula is C26H28N2O2S. The third-order valence-electron chi connectivity index (χ3n) is 6.08. The second-order valence-electron chi connectivity index (χ2n) is 8.21. The second kappa shape index (κ2) is 9.48. The highest BCUT2D eigenvalue weighted by molar-refractivity contribution is 7.17. The van der Waals surface area contributed by atoms with Gasteiger partial charge in [-0.3, -0.25) is 9.59 Å². The molecule has 1 aromatic heterocycles. The van der Waals surface area contributed by atoms with E-state index in [1.54, 1.807) is 0 Å². The number of fused-ring (bicyclic) bond motifs is 1. The summed E-state index contributed by atoms with van der Waals surface area (Å²) in [6.45, 7) is 2.21. The van der Waals surface area contributed by atoms with E-state index in [2.05, 4.69) is 12.2 Å². The van der Waals surface area contributed by atoms with Gasteiger partial charge in [-0.05, 0) is 41.9 Å². The number of nitrogens with two attached hydrogens (primary N) is 1. The number of hydrogen-bond acceptors (Lipinski definition) is 3. The average Bonchev–Trinajstić information content (AvgIpc) is 3.13. The molecule has 31 heavy (non-hydrogen) atoms. The molecule has 0 saturated heterocycles. The number of carbonyl (C=O) groups excluding carboxylic acids is 2. The molecule has 1 unspecified atom stereocenters. The number of hydrogen-bond donors (Lipinski definition) is 2. The van der Waals surface area contributed by atoms with E-state index in [9.17, 15) is 9.59 Å². The van der Waals surface area contributed by atoms with Gasteiger partial charge in [0.15, 0.2) is 0 Å². The monoisotopic (exact) mass is 432 g/mol. The van der Waals surface area contributed by atoms with Crippen LogP contribution in [0.1, 0.15) is 64.0 Å². The smallest absolute Gasteiger partial charge is 0.251 e. The van der Waals surface area contributed by atoms with Crippen molar-refractivity contribution in [1.82, 2.24) is 0 Å². The molecule has 0 saturated carbocycles. The summed E-state index contributed by atoms with van der Waals surface area (Å²) in [7, 11) is 0. The first kappa shape index (κ1) is 21.3. The highest BCUT2D eigenvalue weighted by atomic mass is 32.1. The Morgan fingerprint density at radius 2 is 1.68 bits per heavy atom. The minimum Gasteiger partial charge on any atom is -0.365 e. The van der Waals surface area contributed by atoms with Crippen molar-refractivity contribution in [3.05, 3.63) is 87.8 Å². The van der Waals surface area contributed by atoms with Crippen LogP contribution >= 0.6 is 11.3 Å². The van der Waals surface area contributed by atoms with Gasteiger partial charge >= 0.3 is 0 Å². The van der Waals surface area contributed by atoms with Crippen molar-refractivity contribution < 1.29 is 9.59 Å². The van der Waals surface area contributed by atoms with Gasteiger partial charge in [0.25, 0.3) is 5.91 Å². The summed E-state index contributed by atoms with van der Waals surface area (Å²) in [4.78, 5) is 27.0. The van der Waals surface area contributed by atoms with Crippen molar-refractivity contribution in [1.29, 1.82) is 0 Å². The Balaban J connectivity index is 1.67. The number of benzene rings is 2. The van der Waals surface area contributed by atoms with Gasteiger partial charge in [0, 0.05) is 4.88 Å². The molecule has 5 heteroatoms. The fraction of sp³-hybridized carbons (Fsp3) is 0.308. The predicted octanol–water partition coefficient (Wildman–Crippen LogP) is 5.52. The Morgan fingerprint density at radius 3 is 2.23 bits per heavy atom. The quantitative estimate of drug-likeness (QED) is 0.516. The first-order chi connectivity index (χ1) is 15.1. The number of carbonyl (C=O) groups is 2. The standard InChI is InChI=1S/C26H28N2O2S/c1-2-9-17-14-15-20-21(16-17)31-26(23(20)24(27)29)28-25(30)22(18-10-5-3-6-11-18)19-12-7-4-8-13-19/h3-8,10-13,17,22H,2,9,14-16H2,1H3,(H2,27,29)(H,28,30). The van der Waals surface area contributed by atoms with E-state index >= 15 is 0 Å². The molecule has 4 nitrogen and oxygen atoms in total. The lowest BCUT2D eigenvalue weighted by Gasteiger charge is -2.21. The molecule has 0 fully saturated rings. The number of nitrogens with one attached hydrogen (secondary N) is 1. The van der Waals surface area contributed by atoms with Crippen molar-refractivity contribution >= 4 is 28.2 Å². The zero-order chi connectivity index (χ0) is 21.8. The lowest BCUT2D eigenvalue weighted by atomic mass is 9.84. The molecule has 0 spiro atoms. The molecule has 160 valence electrons. The van der Waals surface area contributed by atoms with Gasteiger partial charge < -0.3 is 11.1 Å². The van der Waals surface area contributed by atoms with Gasteiger partial charge in [0.1, 0.15) is 5.00 Å². The molecule has 1 heterocycles. The molecule has 2 amide bonds. The van der Waals surface area contributed by atoms with Crippen LogP contribution in [0, 0.1) is 5.92 Å². The second-order valence-corrected chi connectivity index (χ2v) is 9.32. The molecular weight excluding hydrogens is 404 g/mol. The third-order valence-corrected chi connectivity index (χ3v) is 7.25. The average molecular weight is 433 g/mol. The van der Waals surface area contributed by atoms with Crippen LogP contribution in [0.15, 0.2) is 60.7 Å². The van der Waals surface area contributed by atoms with E-state index in [4.69, 9.17) is 5.73 Å². The molecule has 0 aliphatic heterocycles. The predicted molar refractivity (Wildman–Crippen MR) is 127 cm³/mol. The number of rotatable bonds is 7. The van der Waals surface area contributed by atoms with Crippen LogP contribution in [0.25, 0.3) is 0 Å². The van der Waals surface area contributed by atoms with Crippen molar-refractivity contribution in [2.24, 2.45) is 11.7 Å². The number of primary amides is 1.